The van der Waals surface area contributed by atoms with E-state index in [4.69, 9.17) is 19.5 Å². The van der Waals surface area contributed by atoms with Gasteiger partial charge < -0.3 is 14.2 Å². The predicted molar refractivity (Wildman–Crippen MR) is 86.7 cm³/mol. The van der Waals surface area contributed by atoms with Gasteiger partial charge in [-0.1, -0.05) is 0 Å². The molecule has 0 aromatic carbocycles. The lowest BCUT2D eigenvalue weighted by atomic mass is 10.2. The highest BCUT2D eigenvalue weighted by atomic mass is 16.6. The Morgan fingerprint density at radius 3 is 2.77 bits per heavy atom. The van der Waals surface area contributed by atoms with Crippen molar-refractivity contribution >= 4 is 18.0 Å². The maximum atomic E-state index is 12.1. The molecule has 138 valence electrons. The van der Waals surface area contributed by atoms with E-state index in [1.807, 2.05) is 0 Å². The van der Waals surface area contributed by atoms with Gasteiger partial charge in [0.05, 0.1) is 11.6 Å². The van der Waals surface area contributed by atoms with Crippen molar-refractivity contribution in [1.29, 1.82) is 5.26 Å². The van der Waals surface area contributed by atoms with Crippen LogP contribution in [0.5, 0.6) is 0 Å². The topological polar surface area (TPSA) is 140 Å². The summed E-state index contributed by atoms with van der Waals surface area (Å²) in [4.78, 5) is 48.3. The molecule has 3 atom stereocenters. The van der Waals surface area contributed by atoms with Crippen LogP contribution in [0.3, 0.4) is 0 Å². The fraction of sp³-hybridized carbons (Fsp3) is 0.438. The number of hydrogen-bond donors (Lipinski definition) is 1. The molecule has 0 saturated carbocycles. The van der Waals surface area contributed by atoms with Crippen LogP contribution in [0.4, 0.5) is 0 Å². The van der Waals surface area contributed by atoms with Crippen molar-refractivity contribution in [3.05, 3.63) is 38.7 Å². The Morgan fingerprint density at radius 2 is 2.15 bits per heavy atom. The molecular formula is C16H17N3O7. The van der Waals surface area contributed by atoms with Gasteiger partial charge in [0.2, 0.25) is 0 Å². The highest BCUT2D eigenvalue weighted by Crippen LogP contribution is 2.30. The lowest BCUT2D eigenvalue weighted by Gasteiger charge is -2.17. The number of nitrogens with one attached hydrogen (secondary N) is 1. The van der Waals surface area contributed by atoms with Gasteiger partial charge in [0, 0.05) is 32.5 Å². The average Bonchev–Trinajstić information content (AvgIpc) is 2.94. The predicted octanol–water partition coefficient (Wildman–Crippen LogP) is -0.144. The summed E-state index contributed by atoms with van der Waals surface area (Å²) in [6.45, 7) is 2.31. The first-order valence-corrected chi connectivity index (χ1v) is 7.69. The van der Waals surface area contributed by atoms with Crippen molar-refractivity contribution in [2.24, 2.45) is 0 Å². The highest BCUT2D eigenvalue weighted by Gasteiger charge is 2.39. The van der Waals surface area contributed by atoms with E-state index in [1.165, 1.54) is 26.1 Å². The zero-order valence-corrected chi connectivity index (χ0v) is 14.1. The van der Waals surface area contributed by atoms with E-state index in [1.54, 1.807) is 6.07 Å². The minimum absolute atomic E-state index is 0.0854. The molecule has 1 N–H and O–H groups in total. The molecule has 0 amide bonds. The van der Waals surface area contributed by atoms with Crippen molar-refractivity contribution in [2.45, 2.75) is 38.7 Å². The fourth-order valence-electron chi connectivity index (χ4n) is 2.52. The molecule has 0 bridgehead atoms. The Bertz CT molecular complexity index is 877. The van der Waals surface area contributed by atoms with E-state index in [0.29, 0.717) is 0 Å². The number of carbonyl (C=O) groups excluding carboxylic acids is 2. The summed E-state index contributed by atoms with van der Waals surface area (Å²) in [6.07, 6.45) is 1.39. The van der Waals surface area contributed by atoms with Crippen molar-refractivity contribution in [1.82, 2.24) is 9.55 Å². The standard InChI is InChI=1S/C16H17N3O7/c1-9(20)24-8-13-12(25-10(2)21)6-14(26-13)19-7-11(4-3-5-17)15(22)18-16(19)23/h3-4,7,12-14H,6,8H2,1-2H3,(H,18,22,23)/b4-3-/t12-,13+,14+/m0/s1. The van der Waals surface area contributed by atoms with Crippen LogP contribution < -0.4 is 11.2 Å². The third-order valence-electron chi connectivity index (χ3n) is 3.59. The van der Waals surface area contributed by atoms with E-state index < -0.39 is 41.6 Å². The molecule has 1 saturated heterocycles. The number of nitrogens with zero attached hydrogens (tertiary/aromatic N) is 2. The second kappa shape index (κ2) is 8.26. The van der Waals surface area contributed by atoms with Gasteiger partial charge in [0.25, 0.3) is 5.56 Å². The van der Waals surface area contributed by atoms with Gasteiger partial charge in [0.15, 0.2) is 0 Å². The van der Waals surface area contributed by atoms with Crippen LogP contribution in [-0.4, -0.2) is 40.3 Å². The lowest BCUT2D eigenvalue weighted by Crippen LogP contribution is -2.33. The first-order chi connectivity index (χ1) is 12.3. The smallest absolute Gasteiger partial charge is 0.330 e. The molecule has 1 aromatic rings. The SMILES string of the molecule is CC(=O)OC[C@H]1O[C@@H](n2cc(/C=C\C#N)c(=O)[nH]c2=O)C[C@@H]1OC(C)=O. The van der Waals surface area contributed by atoms with Gasteiger partial charge in [-0.25, -0.2) is 4.79 Å². The molecule has 1 aliphatic heterocycles. The number of nitriles is 1. The third kappa shape index (κ3) is 4.67. The molecule has 0 radical (unpaired) electrons. The van der Waals surface area contributed by atoms with Gasteiger partial charge in [-0.05, 0) is 6.08 Å². The van der Waals surface area contributed by atoms with Crippen LogP contribution in [0.25, 0.3) is 6.08 Å². The molecule has 1 fully saturated rings. The normalized spacial score (nSPS) is 22.1. The Hall–Kier alpha value is -3.19. The van der Waals surface area contributed by atoms with Gasteiger partial charge in [0.1, 0.15) is 25.0 Å². The quantitative estimate of drug-likeness (QED) is 0.563. The summed E-state index contributed by atoms with van der Waals surface area (Å²) in [5.41, 5.74) is -1.28. The Kier molecular flexibility index (Phi) is 6.08. The van der Waals surface area contributed by atoms with Crippen molar-refractivity contribution in [3.8, 4) is 6.07 Å². The number of allylic oxidation sites excluding steroid dienone is 1. The van der Waals surface area contributed by atoms with E-state index in [2.05, 4.69) is 4.98 Å². The molecule has 10 nitrogen and oxygen atoms in total. The largest absolute Gasteiger partial charge is 0.463 e. The second-order valence-corrected chi connectivity index (χ2v) is 5.53. The number of esters is 2. The number of aromatic nitrogens is 2. The van der Waals surface area contributed by atoms with E-state index in [9.17, 15) is 19.2 Å². The van der Waals surface area contributed by atoms with Crippen LogP contribution >= 0.6 is 0 Å². The lowest BCUT2D eigenvalue weighted by molar-refractivity contribution is -0.155. The number of ether oxygens (including phenoxy) is 3. The van der Waals surface area contributed by atoms with Crippen LogP contribution in [0.1, 0.15) is 32.1 Å². The van der Waals surface area contributed by atoms with Gasteiger partial charge in [-0.3, -0.25) is 23.9 Å². The Balaban J connectivity index is 2.30. The van der Waals surface area contributed by atoms with Gasteiger partial charge in [-0.2, -0.15) is 5.26 Å². The van der Waals surface area contributed by atoms with Crippen LogP contribution in [0, 0.1) is 11.3 Å². The maximum Gasteiger partial charge on any atom is 0.330 e. The van der Waals surface area contributed by atoms with Crippen molar-refractivity contribution in [3.63, 3.8) is 0 Å². The summed E-state index contributed by atoms with van der Waals surface area (Å²) in [5.74, 6) is -1.07. The minimum atomic E-state index is -0.849. The van der Waals surface area contributed by atoms with Gasteiger partial charge >= 0.3 is 17.6 Å². The van der Waals surface area contributed by atoms with Gasteiger partial charge in [-0.15, -0.1) is 0 Å². The molecule has 0 spiro atoms. The molecule has 2 rings (SSSR count). The zero-order valence-electron chi connectivity index (χ0n) is 14.1. The number of aromatic amines is 1. The molecule has 10 heteroatoms. The summed E-state index contributed by atoms with van der Waals surface area (Å²) in [7, 11) is 0. The van der Waals surface area contributed by atoms with E-state index >= 15 is 0 Å². The Morgan fingerprint density at radius 1 is 1.42 bits per heavy atom. The first kappa shape index (κ1) is 19.1. The summed E-state index contributed by atoms with van der Waals surface area (Å²) in [5, 5.41) is 8.58. The molecule has 1 aliphatic rings. The number of H-pyrrole nitrogens is 1. The van der Waals surface area contributed by atoms with Crippen LogP contribution in [0.15, 0.2) is 21.9 Å². The first-order valence-electron chi connectivity index (χ1n) is 7.69. The third-order valence-corrected chi connectivity index (χ3v) is 3.59. The molecule has 2 heterocycles. The van der Waals surface area contributed by atoms with Crippen molar-refractivity contribution in [2.75, 3.05) is 6.61 Å². The maximum absolute atomic E-state index is 12.1. The van der Waals surface area contributed by atoms with Crippen molar-refractivity contribution < 1.29 is 23.8 Å². The van der Waals surface area contributed by atoms with E-state index in [0.717, 1.165) is 10.6 Å². The monoisotopic (exact) mass is 363 g/mol. The summed E-state index contributed by atoms with van der Waals surface area (Å²) < 4.78 is 16.9. The zero-order chi connectivity index (χ0) is 19.3. The second-order valence-electron chi connectivity index (χ2n) is 5.53. The highest BCUT2D eigenvalue weighted by molar-refractivity contribution is 5.66. The van der Waals surface area contributed by atoms with Crippen LogP contribution in [0.2, 0.25) is 0 Å². The summed E-state index contributed by atoms with van der Waals surface area (Å²) in [6, 6.07) is 1.75. The van der Waals surface area contributed by atoms with E-state index in [-0.39, 0.29) is 18.6 Å². The molecule has 0 unspecified atom stereocenters. The number of hydrogen-bond acceptors (Lipinski definition) is 8. The molecule has 1 aromatic heterocycles. The number of carbonyl (C=O) groups is 2. The molecule has 0 aliphatic carbocycles. The number of rotatable bonds is 5. The minimum Gasteiger partial charge on any atom is -0.463 e. The molecular weight excluding hydrogens is 346 g/mol. The van der Waals surface area contributed by atoms with Crippen LogP contribution in [-0.2, 0) is 23.8 Å². The summed E-state index contributed by atoms with van der Waals surface area (Å²) >= 11 is 0. The molecule has 26 heavy (non-hydrogen) atoms. The Labute approximate surface area is 147 Å². The fourth-order valence-corrected chi connectivity index (χ4v) is 2.52. The average molecular weight is 363 g/mol.